The first kappa shape index (κ1) is 14.0. The molecule has 1 atom stereocenters. The maximum Gasteiger partial charge on any atom is 0.326 e. The van der Waals surface area contributed by atoms with Crippen molar-refractivity contribution in [2.75, 3.05) is 13.1 Å². The maximum atomic E-state index is 11.9. The van der Waals surface area contributed by atoms with Crippen LogP contribution in [0.15, 0.2) is 0 Å². The van der Waals surface area contributed by atoms with Crippen LogP contribution in [0.2, 0.25) is 0 Å². The Balaban J connectivity index is 2.47. The lowest BCUT2D eigenvalue weighted by Gasteiger charge is -2.24. The van der Waals surface area contributed by atoms with E-state index in [9.17, 15) is 9.59 Å². The zero-order valence-corrected chi connectivity index (χ0v) is 10.5. The molecule has 5 nitrogen and oxygen atoms in total. The van der Waals surface area contributed by atoms with E-state index < -0.39 is 12.0 Å². The average molecular weight is 242 g/mol. The summed E-state index contributed by atoms with van der Waals surface area (Å²) in [6, 6.07) is -0.752. The lowest BCUT2D eigenvalue weighted by atomic mass is 9.96. The summed E-state index contributed by atoms with van der Waals surface area (Å²) in [4.78, 5) is 22.9. The molecule has 0 aliphatic carbocycles. The summed E-state index contributed by atoms with van der Waals surface area (Å²) in [6.07, 6.45) is 2.06. The highest BCUT2D eigenvalue weighted by atomic mass is 16.4. The van der Waals surface area contributed by atoms with Crippen molar-refractivity contribution in [3.05, 3.63) is 0 Å². The second-order valence-electron chi connectivity index (χ2n) is 5.05. The number of piperidine rings is 1. The van der Waals surface area contributed by atoms with Crippen molar-refractivity contribution in [2.24, 2.45) is 11.8 Å². The highest BCUT2D eigenvalue weighted by Gasteiger charge is 2.26. The molecule has 0 bridgehead atoms. The van der Waals surface area contributed by atoms with Crippen LogP contribution in [0.4, 0.5) is 0 Å². The van der Waals surface area contributed by atoms with Gasteiger partial charge in [-0.05, 0) is 38.3 Å². The van der Waals surface area contributed by atoms with Gasteiger partial charge in [0.2, 0.25) is 5.91 Å². The number of amides is 1. The molecule has 0 spiro atoms. The number of carboxylic acids is 1. The maximum absolute atomic E-state index is 11.9. The van der Waals surface area contributed by atoms with Crippen LogP contribution in [0.5, 0.6) is 0 Å². The van der Waals surface area contributed by atoms with Gasteiger partial charge in [0.05, 0.1) is 0 Å². The lowest BCUT2D eigenvalue weighted by molar-refractivity contribution is -0.143. The van der Waals surface area contributed by atoms with Crippen molar-refractivity contribution < 1.29 is 14.7 Å². The Hall–Kier alpha value is -1.10. The number of carboxylic acid groups (broad SMARTS) is 1. The third-order valence-electron chi connectivity index (χ3n) is 3.03. The fourth-order valence-corrected chi connectivity index (χ4v) is 2.07. The van der Waals surface area contributed by atoms with Gasteiger partial charge in [0.25, 0.3) is 0 Å². The Bertz CT molecular complexity index is 273. The molecule has 1 rings (SSSR count). The van der Waals surface area contributed by atoms with Gasteiger partial charge in [-0.2, -0.15) is 0 Å². The Kier molecular flexibility index (Phi) is 5.41. The number of aliphatic carboxylic acids is 1. The first-order valence-corrected chi connectivity index (χ1v) is 6.24. The second-order valence-corrected chi connectivity index (χ2v) is 5.05. The molecule has 1 aliphatic rings. The summed E-state index contributed by atoms with van der Waals surface area (Å²) >= 11 is 0. The number of hydrogen-bond acceptors (Lipinski definition) is 3. The van der Waals surface area contributed by atoms with E-state index in [0.717, 1.165) is 25.9 Å². The van der Waals surface area contributed by atoms with Gasteiger partial charge < -0.3 is 15.7 Å². The van der Waals surface area contributed by atoms with Crippen LogP contribution >= 0.6 is 0 Å². The summed E-state index contributed by atoms with van der Waals surface area (Å²) in [7, 11) is 0. The molecule has 0 aromatic rings. The zero-order chi connectivity index (χ0) is 12.8. The van der Waals surface area contributed by atoms with E-state index in [2.05, 4.69) is 10.6 Å². The van der Waals surface area contributed by atoms with Gasteiger partial charge in [-0.3, -0.25) is 4.79 Å². The Morgan fingerprint density at radius 2 is 1.94 bits per heavy atom. The van der Waals surface area contributed by atoms with E-state index >= 15 is 0 Å². The SMILES string of the molecule is CC(C)C[C@H](NC(=O)C1CCNCC1)C(=O)O. The van der Waals surface area contributed by atoms with E-state index in [1.165, 1.54) is 0 Å². The van der Waals surface area contributed by atoms with Crippen LogP contribution < -0.4 is 10.6 Å². The molecule has 0 radical (unpaired) electrons. The van der Waals surface area contributed by atoms with Crippen molar-refractivity contribution in [1.29, 1.82) is 0 Å². The van der Waals surface area contributed by atoms with Crippen molar-refractivity contribution in [2.45, 2.75) is 39.2 Å². The van der Waals surface area contributed by atoms with Crippen LogP contribution in [0, 0.1) is 11.8 Å². The Labute approximate surface area is 102 Å². The monoisotopic (exact) mass is 242 g/mol. The molecule has 1 amide bonds. The first-order chi connectivity index (χ1) is 8.00. The van der Waals surface area contributed by atoms with Crippen molar-refractivity contribution in [3.8, 4) is 0 Å². The molecule has 1 heterocycles. The molecule has 3 N–H and O–H groups in total. The number of rotatable bonds is 5. The normalized spacial score (nSPS) is 19.0. The van der Waals surface area contributed by atoms with E-state index in [0.29, 0.717) is 6.42 Å². The molecule has 1 aliphatic heterocycles. The van der Waals surface area contributed by atoms with Gasteiger partial charge in [-0.1, -0.05) is 13.8 Å². The van der Waals surface area contributed by atoms with Crippen LogP contribution in [-0.4, -0.2) is 36.1 Å². The minimum absolute atomic E-state index is 0.0368. The number of hydrogen-bond donors (Lipinski definition) is 3. The fourth-order valence-electron chi connectivity index (χ4n) is 2.07. The average Bonchev–Trinajstić information content (AvgIpc) is 2.28. The molecule has 1 saturated heterocycles. The van der Waals surface area contributed by atoms with Crippen molar-refractivity contribution >= 4 is 11.9 Å². The van der Waals surface area contributed by atoms with Gasteiger partial charge in [0.1, 0.15) is 6.04 Å². The quantitative estimate of drug-likeness (QED) is 0.659. The van der Waals surface area contributed by atoms with E-state index in [-0.39, 0.29) is 17.7 Å². The predicted octanol–water partition coefficient (Wildman–Crippen LogP) is 0.601. The third-order valence-corrected chi connectivity index (χ3v) is 3.03. The molecule has 0 aromatic carbocycles. The number of nitrogens with one attached hydrogen (secondary N) is 2. The molecule has 0 saturated carbocycles. The summed E-state index contributed by atoms with van der Waals surface area (Å²) in [5, 5.41) is 14.9. The van der Waals surface area contributed by atoms with E-state index in [1.54, 1.807) is 0 Å². The third kappa shape index (κ3) is 4.73. The number of carbonyl (C=O) groups excluding carboxylic acids is 1. The summed E-state index contributed by atoms with van der Waals surface area (Å²) in [5.41, 5.74) is 0. The lowest BCUT2D eigenvalue weighted by Crippen LogP contribution is -2.46. The minimum Gasteiger partial charge on any atom is -0.480 e. The minimum atomic E-state index is -0.944. The summed E-state index contributed by atoms with van der Waals surface area (Å²) in [6.45, 7) is 5.57. The van der Waals surface area contributed by atoms with E-state index in [1.807, 2.05) is 13.8 Å². The predicted molar refractivity (Wildman–Crippen MR) is 64.6 cm³/mol. The van der Waals surface area contributed by atoms with Crippen molar-refractivity contribution in [1.82, 2.24) is 10.6 Å². The molecular weight excluding hydrogens is 220 g/mol. The molecule has 17 heavy (non-hydrogen) atoms. The second kappa shape index (κ2) is 6.59. The van der Waals surface area contributed by atoms with Gasteiger partial charge in [0.15, 0.2) is 0 Å². The Morgan fingerprint density at radius 3 is 2.41 bits per heavy atom. The highest BCUT2D eigenvalue weighted by Crippen LogP contribution is 2.13. The summed E-state index contributed by atoms with van der Waals surface area (Å²) in [5.74, 6) is -0.838. The molecule has 5 heteroatoms. The summed E-state index contributed by atoms with van der Waals surface area (Å²) < 4.78 is 0. The van der Waals surface area contributed by atoms with Gasteiger partial charge in [0, 0.05) is 5.92 Å². The van der Waals surface area contributed by atoms with Gasteiger partial charge >= 0.3 is 5.97 Å². The Morgan fingerprint density at radius 1 is 1.35 bits per heavy atom. The van der Waals surface area contributed by atoms with Crippen LogP contribution in [-0.2, 0) is 9.59 Å². The van der Waals surface area contributed by atoms with Gasteiger partial charge in [-0.25, -0.2) is 4.79 Å². The molecule has 0 aromatic heterocycles. The smallest absolute Gasteiger partial charge is 0.326 e. The van der Waals surface area contributed by atoms with Crippen LogP contribution in [0.25, 0.3) is 0 Å². The largest absolute Gasteiger partial charge is 0.480 e. The van der Waals surface area contributed by atoms with E-state index in [4.69, 9.17) is 5.11 Å². The molecular formula is C12H22N2O3. The standard InChI is InChI=1S/C12H22N2O3/c1-8(2)7-10(12(16)17)14-11(15)9-3-5-13-6-4-9/h8-10,13H,3-7H2,1-2H3,(H,14,15)(H,16,17)/t10-/m0/s1. The zero-order valence-electron chi connectivity index (χ0n) is 10.5. The van der Waals surface area contributed by atoms with Crippen LogP contribution in [0.3, 0.4) is 0 Å². The first-order valence-electron chi connectivity index (χ1n) is 6.24. The van der Waals surface area contributed by atoms with Crippen molar-refractivity contribution in [3.63, 3.8) is 0 Å². The van der Waals surface area contributed by atoms with Gasteiger partial charge in [-0.15, -0.1) is 0 Å². The number of carbonyl (C=O) groups is 2. The highest BCUT2D eigenvalue weighted by molar-refractivity contribution is 5.85. The molecule has 1 fully saturated rings. The fraction of sp³-hybridized carbons (Fsp3) is 0.833. The van der Waals surface area contributed by atoms with Crippen LogP contribution in [0.1, 0.15) is 33.1 Å². The topological polar surface area (TPSA) is 78.4 Å². The molecule has 0 unspecified atom stereocenters. The molecule has 98 valence electrons.